The van der Waals surface area contributed by atoms with Crippen LogP contribution < -0.4 is 5.32 Å². The molecule has 0 unspecified atom stereocenters. The Kier molecular flexibility index (Phi) is 6.79. The maximum atomic E-state index is 12.8. The topological polar surface area (TPSA) is 62.6 Å². The van der Waals surface area contributed by atoms with Crippen LogP contribution in [0.1, 0.15) is 16.9 Å². The lowest BCUT2D eigenvalue weighted by Gasteiger charge is -2.14. The molecule has 0 bridgehead atoms. The lowest BCUT2D eigenvalue weighted by atomic mass is 10.1. The molecule has 162 valence electrons. The highest BCUT2D eigenvalue weighted by atomic mass is 35.5. The van der Waals surface area contributed by atoms with Gasteiger partial charge in [0, 0.05) is 18.2 Å². The molecule has 8 heteroatoms. The number of aryl methyl sites for hydroxylation is 1. The van der Waals surface area contributed by atoms with Gasteiger partial charge >= 0.3 is 0 Å². The molecule has 3 aromatic rings. The van der Waals surface area contributed by atoms with Crippen molar-refractivity contribution < 1.29 is 14.0 Å². The van der Waals surface area contributed by atoms with Gasteiger partial charge in [0.05, 0.1) is 9.93 Å². The second kappa shape index (κ2) is 9.73. The summed E-state index contributed by atoms with van der Waals surface area (Å²) in [5.41, 5.74) is 2.89. The average Bonchev–Trinajstić information content (AvgIpc) is 3.33. The van der Waals surface area contributed by atoms with E-state index in [0.29, 0.717) is 32.3 Å². The zero-order chi connectivity index (χ0) is 22.7. The molecular weight excluding hydrogens is 464 g/mol. The second-order valence-corrected chi connectivity index (χ2v) is 9.30. The molecule has 0 saturated carbocycles. The zero-order valence-corrected chi connectivity index (χ0v) is 19.5. The summed E-state index contributed by atoms with van der Waals surface area (Å²) in [5.74, 6) is 0.515. The Bertz CT molecular complexity index is 1240. The SMILES string of the molecule is Cc1cccc(CNC(=O)CN2C(=O)/C(=C/c3ccc(-c4ccccc4Cl)o3)SC2=S)c1. The maximum absolute atomic E-state index is 12.8. The number of benzene rings is 2. The second-order valence-electron chi connectivity index (χ2n) is 7.22. The van der Waals surface area contributed by atoms with Crippen molar-refractivity contribution in [3.63, 3.8) is 0 Å². The predicted molar refractivity (Wildman–Crippen MR) is 132 cm³/mol. The van der Waals surface area contributed by atoms with Crippen LogP contribution in [-0.2, 0) is 16.1 Å². The van der Waals surface area contributed by atoms with Crippen molar-refractivity contribution in [1.82, 2.24) is 10.2 Å². The van der Waals surface area contributed by atoms with E-state index in [1.54, 1.807) is 24.3 Å². The summed E-state index contributed by atoms with van der Waals surface area (Å²) in [6.45, 7) is 2.26. The summed E-state index contributed by atoms with van der Waals surface area (Å²) in [5, 5.41) is 3.41. The first kappa shape index (κ1) is 22.3. The number of carbonyl (C=O) groups is 2. The van der Waals surface area contributed by atoms with E-state index >= 15 is 0 Å². The minimum absolute atomic E-state index is 0.128. The molecule has 4 rings (SSSR count). The Balaban J connectivity index is 1.41. The fourth-order valence-electron chi connectivity index (χ4n) is 3.22. The minimum atomic E-state index is -0.318. The Morgan fingerprint density at radius 1 is 1.19 bits per heavy atom. The highest BCUT2D eigenvalue weighted by molar-refractivity contribution is 8.26. The van der Waals surface area contributed by atoms with E-state index in [4.69, 9.17) is 28.2 Å². The smallest absolute Gasteiger partial charge is 0.266 e. The third kappa shape index (κ3) is 5.12. The fourth-order valence-corrected chi connectivity index (χ4v) is 4.69. The molecule has 0 spiro atoms. The van der Waals surface area contributed by atoms with Crippen molar-refractivity contribution in [3.05, 3.63) is 87.5 Å². The first-order chi connectivity index (χ1) is 15.4. The van der Waals surface area contributed by atoms with E-state index in [2.05, 4.69) is 5.32 Å². The van der Waals surface area contributed by atoms with Gasteiger partial charge in [0.15, 0.2) is 0 Å². The highest BCUT2D eigenvalue weighted by Crippen LogP contribution is 2.34. The molecule has 5 nitrogen and oxygen atoms in total. The van der Waals surface area contributed by atoms with Crippen LogP contribution >= 0.6 is 35.6 Å². The predicted octanol–water partition coefficient (Wildman–Crippen LogP) is 5.43. The van der Waals surface area contributed by atoms with Crippen LogP contribution in [0, 0.1) is 6.92 Å². The summed E-state index contributed by atoms with van der Waals surface area (Å²) in [6.07, 6.45) is 1.63. The number of rotatable bonds is 6. The number of hydrogen-bond acceptors (Lipinski definition) is 5. The molecule has 2 heterocycles. The molecule has 1 aromatic heterocycles. The molecule has 0 radical (unpaired) electrons. The first-order valence-electron chi connectivity index (χ1n) is 9.83. The van der Waals surface area contributed by atoms with Crippen LogP contribution in [0.2, 0.25) is 5.02 Å². The largest absolute Gasteiger partial charge is 0.457 e. The monoisotopic (exact) mass is 482 g/mol. The molecule has 2 aromatic carbocycles. The molecular formula is C24H19ClN2O3S2. The van der Waals surface area contributed by atoms with Gasteiger partial charge in [0.1, 0.15) is 22.4 Å². The van der Waals surface area contributed by atoms with Crippen LogP contribution in [0.4, 0.5) is 0 Å². The third-order valence-corrected chi connectivity index (χ3v) is 6.49. The van der Waals surface area contributed by atoms with Gasteiger partial charge in [-0.25, -0.2) is 0 Å². The van der Waals surface area contributed by atoms with Crippen molar-refractivity contribution >= 4 is 57.8 Å². The molecule has 1 saturated heterocycles. The highest BCUT2D eigenvalue weighted by Gasteiger charge is 2.33. The number of furan rings is 1. The van der Waals surface area contributed by atoms with Gasteiger partial charge < -0.3 is 9.73 Å². The number of hydrogen-bond donors (Lipinski definition) is 1. The van der Waals surface area contributed by atoms with Crippen molar-refractivity contribution in [3.8, 4) is 11.3 Å². The van der Waals surface area contributed by atoms with Gasteiger partial charge in [-0.05, 0) is 36.8 Å². The molecule has 0 atom stereocenters. The van der Waals surface area contributed by atoms with Gasteiger partial charge in [0.25, 0.3) is 5.91 Å². The Hall–Kier alpha value is -2.87. The molecule has 0 aliphatic carbocycles. The molecule has 1 aliphatic heterocycles. The standard InChI is InChI=1S/C24H19ClN2O3S2/c1-15-5-4-6-16(11-15)13-26-22(28)14-27-23(29)21(32-24(27)31)12-17-9-10-20(30-17)18-7-2-3-8-19(18)25/h2-12H,13-14H2,1H3,(H,26,28)/b21-12-. The normalized spacial score (nSPS) is 14.9. The average molecular weight is 483 g/mol. The van der Waals surface area contributed by atoms with Crippen molar-refractivity contribution in [2.75, 3.05) is 6.54 Å². The number of thiocarbonyl (C=S) groups is 1. The van der Waals surface area contributed by atoms with Crippen molar-refractivity contribution in [1.29, 1.82) is 0 Å². The number of nitrogens with zero attached hydrogens (tertiary/aromatic N) is 1. The fraction of sp³-hybridized carbons (Fsp3) is 0.125. The lowest BCUT2D eigenvalue weighted by molar-refractivity contribution is -0.128. The number of carbonyl (C=O) groups excluding carboxylic acids is 2. The molecule has 2 amide bonds. The Morgan fingerprint density at radius 2 is 2.00 bits per heavy atom. The molecule has 32 heavy (non-hydrogen) atoms. The van der Waals surface area contributed by atoms with Crippen LogP contribution in [0.25, 0.3) is 17.4 Å². The summed E-state index contributed by atoms with van der Waals surface area (Å²) in [6, 6.07) is 18.8. The summed E-state index contributed by atoms with van der Waals surface area (Å²) in [4.78, 5) is 26.9. The minimum Gasteiger partial charge on any atom is -0.457 e. The van der Waals surface area contributed by atoms with Crippen LogP contribution in [-0.4, -0.2) is 27.6 Å². The van der Waals surface area contributed by atoms with Crippen molar-refractivity contribution in [2.24, 2.45) is 0 Å². The molecule has 1 N–H and O–H groups in total. The summed E-state index contributed by atoms with van der Waals surface area (Å²) < 4.78 is 6.18. The summed E-state index contributed by atoms with van der Waals surface area (Å²) in [7, 11) is 0. The van der Waals surface area contributed by atoms with E-state index in [9.17, 15) is 9.59 Å². The molecule has 1 fully saturated rings. The van der Waals surface area contributed by atoms with E-state index in [-0.39, 0.29) is 18.4 Å². The van der Waals surface area contributed by atoms with Crippen molar-refractivity contribution in [2.45, 2.75) is 13.5 Å². The number of thioether (sulfide) groups is 1. The van der Waals surface area contributed by atoms with Gasteiger partial charge in [-0.1, -0.05) is 77.5 Å². The van der Waals surface area contributed by atoms with Crippen LogP contribution in [0.5, 0.6) is 0 Å². The van der Waals surface area contributed by atoms with E-state index in [1.807, 2.05) is 49.4 Å². The summed E-state index contributed by atoms with van der Waals surface area (Å²) >= 11 is 12.7. The Labute approximate surface area is 200 Å². The van der Waals surface area contributed by atoms with Gasteiger partial charge in [-0.15, -0.1) is 0 Å². The molecule has 1 aliphatic rings. The van der Waals surface area contributed by atoms with Crippen LogP contribution in [0.15, 0.2) is 70.0 Å². The van der Waals surface area contributed by atoms with Crippen LogP contribution in [0.3, 0.4) is 0 Å². The van der Waals surface area contributed by atoms with E-state index in [0.717, 1.165) is 28.5 Å². The first-order valence-corrected chi connectivity index (χ1v) is 11.4. The number of halogens is 1. The Morgan fingerprint density at radius 3 is 2.78 bits per heavy atom. The third-order valence-electron chi connectivity index (χ3n) is 4.79. The van der Waals surface area contributed by atoms with Gasteiger partial charge in [-0.2, -0.15) is 0 Å². The van der Waals surface area contributed by atoms with E-state index < -0.39 is 0 Å². The number of amides is 2. The maximum Gasteiger partial charge on any atom is 0.266 e. The van der Waals surface area contributed by atoms with E-state index in [1.165, 1.54) is 4.90 Å². The zero-order valence-electron chi connectivity index (χ0n) is 17.1. The lowest BCUT2D eigenvalue weighted by Crippen LogP contribution is -2.39. The van der Waals surface area contributed by atoms with Gasteiger partial charge in [-0.3, -0.25) is 14.5 Å². The van der Waals surface area contributed by atoms with Gasteiger partial charge in [0.2, 0.25) is 5.91 Å². The quantitative estimate of drug-likeness (QED) is 0.375. The number of nitrogens with one attached hydrogen (secondary N) is 1.